The average molecular weight is 617 g/mol. The first kappa shape index (κ1) is 29.4. The number of alkyl carbamates (subject to hydrolysis) is 1. The van der Waals surface area contributed by atoms with Gasteiger partial charge < -0.3 is 19.7 Å². The number of ether oxygens (including phenoxy) is 2. The zero-order valence-corrected chi connectivity index (χ0v) is 25.6. The van der Waals surface area contributed by atoms with E-state index < -0.39 is 17.7 Å². The van der Waals surface area contributed by atoms with Crippen molar-refractivity contribution in [2.45, 2.75) is 61.6 Å². The molecule has 2 aromatic heterocycles. The van der Waals surface area contributed by atoms with Gasteiger partial charge in [-0.2, -0.15) is 0 Å². The third kappa shape index (κ3) is 6.24. The molecule has 3 heterocycles. The van der Waals surface area contributed by atoms with Crippen molar-refractivity contribution in [3.05, 3.63) is 69.7 Å². The minimum Gasteiger partial charge on any atom is -0.464 e. The third-order valence-electron chi connectivity index (χ3n) is 7.38. The Kier molecular flexibility index (Phi) is 8.36. The summed E-state index contributed by atoms with van der Waals surface area (Å²) in [5.41, 5.74) is 1.69. The minimum absolute atomic E-state index is 0.128. The Morgan fingerprint density at radius 1 is 1.12 bits per heavy atom. The first-order valence-electron chi connectivity index (χ1n) is 13.3. The van der Waals surface area contributed by atoms with Gasteiger partial charge >= 0.3 is 12.1 Å². The van der Waals surface area contributed by atoms with E-state index in [4.69, 9.17) is 32.7 Å². The molecule has 1 amide bonds. The van der Waals surface area contributed by atoms with E-state index in [9.17, 15) is 9.59 Å². The van der Waals surface area contributed by atoms with Gasteiger partial charge in [-0.25, -0.2) is 24.5 Å². The number of hydrogen-bond donors (Lipinski definition) is 1. The maximum atomic E-state index is 12.9. The maximum Gasteiger partial charge on any atom is 0.408 e. The van der Waals surface area contributed by atoms with Gasteiger partial charge in [-0.05, 0) is 57.2 Å². The molecule has 1 fully saturated rings. The van der Waals surface area contributed by atoms with Crippen LogP contribution in [0.3, 0.4) is 0 Å². The molecule has 1 atom stereocenters. The number of fused-ring (bicyclic) bond motifs is 1. The van der Waals surface area contributed by atoms with Gasteiger partial charge in [0.25, 0.3) is 0 Å². The highest BCUT2D eigenvalue weighted by Gasteiger charge is 2.49. The number of anilines is 1. The SMILES string of the molecule is COC(=O)c1nc(Sc2ccnc(Cl)c2Cl)cnc1N1CCC2(CC1)Cc1ccccc1[C@H]2NC(=O)OC(C)(C)C. The van der Waals surface area contributed by atoms with Crippen molar-refractivity contribution in [3.8, 4) is 0 Å². The van der Waals surface area contributed by atoms with E-state index in [1.807, 2.05) is 32.9 Å². The molecule has 41 heavy (non-hydrogen) atoms. The molecule has 1 saturated heterocycles. The van der Waals surface area contributed by atoms with E-state index in [1.165, 1.54) is 24.4 Å². The van der Waals surface area contributed by atoms with E-state index >= 15 is 0 Å². The molecule has 1 aliphatic carbocycles. The van der Waals surface area contributed by atoms with Gasteiger partial charge in [0.1, 0.15) is 15.8 Å². The highest BCUT2D eigenvalue weighted by Crippen LogP contribution is 2.52. The molecule has 216 valence electrons. The number of rotatable bonds is 5. The van der Waals surface area contributed by atoms with Gasteiger partial charge in [-0.15, -0.1) is 0 Å². The predicted octanol–water partition coefficient (Wildman–Crippen LogP) is 6.52. The Labute approximate surface area is 253 Å². The van der Waals surface area contributed by atoms with E-state index in [-0.39, 0.29) is 22.3 Å². The van der Waals surface area contributed by atoms with Crippen LogP contribution < -0.4 is 10.2 Å². The lowest BCUT2D eigenvalue weighted by Crippen LogP contribution is -2.48. The van der Waals surface area contributed by atoms with E-state index in [2.05, 4.69) is 37.3 Å². The van der Waals surface area contributed by atoms with Crippen LogP contribution in [0.4, 0.5) is 10.6 Å². The van der Waals surface area contributed by atoms with Crippen molar-refractivity contribution in [1.29, 1.82) is 0 Å². The van der Waals surface area contributed by atoms with Crippen LogP contribution >= 0.6 is 35.0 Å². The first-order chi connectivity index (χ1) is 19.5. The van der Waals surface area contributed by atoms with Crippen molar-refractivity contribution in [2.24, 2.45) is 5.41 Å². The molecule has 0 unspecified atom stereocenters. The molecular weight excluding hydrogens is 585 g/mol. The molecule has 0 bridgehead atoms. The van der Waals surface area contributed by atoms with Crippen LogP contribution in [0.2, 0.25) is 10.2 Å². The number of pyridine rings is 1. The topological polar surface area (TPSA) is 107 Å². The number of nitrogens with one attached hydrogen (secondary N) is 1. The summed E-state index contributed by atoms with van der Waals surface area (Å²) in [5.74, 6) is -0.117. The lowest BCUT2D eigenvalue weighted by Gasteiger charge is -2.44. The van der Waals surface area contributed by atoms with Crippen molar-refractivity contribution >= 4 is 52.8 Å². The summed E-state index contributed by atoms with van der Waals surface area (Å²) in [6.45, 7) is 6.81. The summed E-state index contributed by atoms with van der Waals surface area (Å²) in [4.78, 5) is 41.6. The first-order valence-corrected chi connectivity index (χ1v) is 14.8. The number of carbonyl (C=O) groups excluding carboxylic acids is 2. The summed E-state index contributed by atoms with van der Waals surface area (Å²) in [5, 5.41) is 4.14. The predicted molar refractivity (Wildman–Crippen MR) is 158 cm³/mol. The van der Waals surface area contributed by atoms with Gasteiger partial charge in [0.2, 0.25) is 0 Å². The Bertz CT molecular complexity index is 1470. The molecule has 9 nitrogen and oxygen atoms in total. The normalized spacial score (nSPS) is 17.7. The van der Waals surface area contributed by atoms with Gasteiger partial charge in [-0.3, -0.25) is 0 Å². The summed E-state index contributed by atoms with van der Waals surface area (Å²) < 4.78 is 10.7. The largest absolute Gasteiger partial charge is 0.464 e. The summed E-state index contributed by atoms with van der Waals surface area (Å²) in [6, 6.07) is 9.77. The lowest BCUT2D eigenvalue weighted by atomic mass is 9.72. The Balaban J connectivity index is 1.38. The maximum absolute atomic E-state index is 12.9. The number of nitrogens with zero attached hydrogens (tertiary/aromatic N) is 4. The second-order valence-corrected chi connectivity index (χ2v) is 13.0. The number of halogens is 2. The molecule has 1 aliphatic heterocycles. The smallest absolute Gasteiger partial charge is 0.408 e. The molecule has 3 aromatic rings. The van der Waals surface area contributed by atoms with Crippen molar-refractivity contribution in [3.63, 3.8) is 0 Å². The number of hydrogen-bond acceptors (Lipinski definition) is 9. The number of piperidine rings is 1. The Hall–Kier alpha value is -3.08. The fraction of sp³-hybridized carbons (Fsp3) is 0.414. The fourth-order valence-electron chi connectivity index (χ4n) is 5.55. The molecule has 0 radical (unpaired) electrons. The monoisotopic (exact) mass is 615 g/mol. The Morgan fingerprint density at radius 2 is 1.85 bits per heavy atom. The van der Waals surface area contributed by atoms with Crippen LogP contribution in [-0.2, 0) is 15.9 Å². The van der Waals surface area contributed by atoms with Crippen molar-refractivity contribution in [2.75, 3.05) is 25.1 Å². The zero-order valence-electron chi connectivity index (χ0n) is 23.2. The standard InChI is InChI=1S/C29H31Cl2N5O4S/c1-28(2,3)40-27(38)35-23-18-8-6-5-7-17(18)15-29(23)10-13-36(14-11-29)25-22(26(37)39-4)34-20(16-33-25)41-19-9-12-32-24(31)21(19)30/h5-9,12,16,23H,10-11,13-15H2,1-4H3,(H,35,38)/t23-/m1/s1. The number of aromatic nitrogens is 3. The molecule has 5 rings (SSSR count). The lowest BCUT2D eigenvalue weighted by molar-refractivity contribution is 0.0426. The zero-order chi connectivity index (χ0) is 29.4. The van der Waals surface area contributed by atoms with Gasteiger partial charge in [0, 0.05) is 29.6 Å². The van der Waals surface area contributed by atoms with Crippen molar-refractivity contribution in [1.82, 2.24) is 20.3 Å². The van der Waals surface area contributed by atoms with Crippen molar-refractivity contribution < 1.29 is 19.1 Å². The number of carbonyl (C=O) groups is 2. The van der Waals surface area contributed by atoms with Gasteiger partial charge in [0.05, 0.1) is 24.4 Å². The van der Waals surface area contributed by atoms with Gasteiger partial charge in [-0.1, -0.05) is 59.2 Å². The molecule has 12 heteroatoms. The molecular formula is C29H31Cl2N5O4S. The quantitative estimate of drug-likeness (QED) is 0.253. The number of esters is 1. The second-order valence-electron chi connectivity index (χ2n) is 11.2. The van der Waals surface area contributed by atoms with Crippen LogP contribution in [-0.4, -0.2) is 52.8 Å². The fourth-order valence-corrected chi connectivity index (χ4v) is 6.77. The summed E-state index contributed by atoms with van der Waals surface area (Å²) >= 11 is 13.6. The minimum atomic E-state index is -0.596. The van der Waals surface area contributed by atoms with E-state index in [1.54, 1.807) is 18.5 Å². The number of amides is 1. The molecule has 2 aliphatic rings. The van der Waals surface area contributed by atoms with Crippen LogP contribution in [0.25, 0.3) is 0 Å². The number of methoxy groups -OCH3 is 1. The molecule has 0 saturated carbocycles. The van der Waals surface area contributed by atoms with E-state index in [0.717, 1.165) is 24.8 Å². The number of benzene rings is 1. The van der Waals surface area contributed by atoms with Crippen LogP contribution in [0.1, 0.15) is 61.3 Å². The van der Waals surface area contributed by atoms with E-state index in [0.29, 0.717) is 33.9 Å². The molecule has 1 spiro atoms. The second kappa shape index (κ2) is 11.7. The van der Waals surface area contributed by atoms with Crippen LogP contribution in [0.5, 0.6) is 0 Å². The summed E-state index contributed by atoms with van der Waals surface area (Å²) in [7, 11) is 1.32. The average Bonchev–Trinajstić information content (AvgIpc) is 3.22. The van der Waals surface area contributed by atoms with Crippen LogP contribution in [0, 0.1) is 5.41 Å². The highest BCUT2D eigenvalue weighted by molar-refractivity contribution is 7.99. The van der Waals surface area contributed by atoms with Crippen LogP contribution in [0.15, 0.2) is 52.6 Å². The Morgan fingerprint density at radius 3 is 2.56 bits per heavy atom. The summed E-state index contributed by atoms with van der Waals surface area (Å²) in [6.07, 6.45) is 5.12. The third-order valence-corrected chi connectivity index (χ3v) is 9.22. The highest BCUT2D eigenvalue weighted by atomic mass is 35.5. The molecule has 1 aromatic carbocycles. The van der Waals surface area contributed by atoms with Gasteiger partial charge in [0.15, 0.2) is 11.5 Å². The molecule has 1 N–H and O–H groups in total.